The molecule has 1 aliphatic rings. The fraction of sp³-hybridized carbons (Fsp3) is 0.750. The van der Waals surface area contributed by atoms with Gasteiger partial charge in [0.25, 0.3) is 6.57 Å². The third-order valence-electron chi connectivity index (χ3n) is 1.09. The normalized spacial score (nSPS) is 19.9. The predicted molar refractivity (Wildman–Crippen MR) is 30.2 cm³/mol. The van der Waals surface area contributed by atoms with Crippen molar-refractivity contribution in [1.29, 1.82) is 0 Å². The first-order valence-electron chi connectivity index (χ1n) is 2.33. The first-order chi connectivity index (χ1) is 3.67. The van der Waals surface area contributed by atoms with E-state index >= 15 is 0 Å². The molecule has 1 rings (SSSR count). The maximum atomic E-state index is 10.5. The smallest absolute Gasteiger partial charge is 0.147 e. The molecule has 0 amide bonds. The summed E-state index contributed by atoms with van der Waals surface area (Å²) in [5, 5.41) is -0.257. The number of hydrogen-bond donors (Lipinski definition) is 0. The monoisotopic (exact) mass is 132 g/mol. The van der Waals surface area contributed by atoms with Gasteiger partial charge in [0.1, 0.15) is 5.25 Å². The zero-order valence-corrected chi connectivity index (χ0v) is 5.06. The van der Waals surface area contributed by atoms with Gasteiger partial charge in [-0.05, 0) is 12.8 Å². The lowest BCUT2D eigenvalue weighted by Gasteiger charge is -1.70. The Morgan fingerprint density at radius 2 is 2.00 bits per heavy atom. The molecule has 0 radical (unpaired) electrons. The van der Waals surface area contributed by atoms with Crippen LogP contribution in [0.15, 0.2) is 0 Å². The standard InChI is InChI=1S/C4H6NO2S/c1-5-8(6,7)4-2-3-4/h1,4H,2-3H2/q+1. The minimum atomic E-state index is -3.22. The van der Waals surface area contributed by atoms with E-state index in [1.165, 1.54) is 0 Å². The zero-order valence-electron chi connectivity index (χ0n) is 4.24. The molecule has 0 N–H and O–H groups in total. The van der Waals surface area contributed by atoms with Crippen LogP contribution in [0.1, 0.15) is 12.8 Å². The minimum Gasteiger partial charge on any atom is -0.147 e. The highest BCUT2D eigenvalue weighted by atomic mass is 32.2. The molecular weight excluding hydrogens is 126 g/mol. The van der Waals surface area contributed by atoms with E-state index in [0.29, 0.717) is 0 Å². The number of hydrogen-bond acceptors (Lipinski definition) is 2. The molecule has 0 aromatic heterocycles. The molecular formula is C4H6NO2S+. The topological polar surface area (TPSA) is 38.5 Å². The summed E-state index contributed by atoms with van der Waals surface area (Å²) in [5.74, 6) is 0. The third-order valence-corrected chi connectivity index (χ3v) is 2.70. The van der Waals surface area contributed by atoms with E-state index in [1.807, 2.05) is 0 Å². The van der Waals surface area contributed by atoms with E-state index in [1.54, 1.807) is 0 Å². The van der Waals surface area contributed by atoms with Crippen molar-refractivity contribution in [2.24, 2.45) is 0 Å². The molecule has 0 aromatic carbocycles. The Balaban J connectivity index is 2.85. The number of rotatable bonds is 1. The number of nitrogens with zero attached hydrogens (tertiary/aromatic N) is 1. The Bertz CT molecular complexity index is 219. The molecule has 0 aliphatic heterocycles. The van der Waals surface area contributed by atoms with Crippen molar-refractivity contribution in [3.63, 3.8) is 0 Å². The van der Waals surface area contributed by atoms with Crippen LogP contribution in [0.4, 0.5) is 0 Å². The molecule has 4 heteroatoms. The third kappa shape index (κ3) is 0.819. The second-order valence-electron chi connectivity index (χ2n) is 1.82. The van der Waals surface area contributed by atoms with Gasteiger partial charge in [0.2, 0.25) is 0 Å². The molecule has 0 heterocycles. The quantitative estimate of drug-likeness (QED) is 0.519. The summed E-state index contributed by atoms with van der Waals surface area (Å²) < 4.78 is 23.7. The summed E-state index contributed by atoms with van der Waals surface area (Å²) in [7, 11) is -3.22. The largest absolute Gasteiger partial charge is 0.481 e. The Morgan fingerprint density at radius 1 is 1.50 bits per heavy atom. The van der Waals surface area contributed by atoms with Gasteiger partial charge in [0.05, 0.1) is 4.25 Å². The van der Waals surface area contributed by atoms with Crippen LogP contribution in [0.3, 0.4) is 0 Å². The SMILES string of the molecule is C#[N+]S(=O)(=O)C1CC1. The first kappa shape index (κ1) is 5.57. The van der Waals surface area contributed by atoms with Crippen molar-refractivity contribution in [2.75, 3.05) is 0 Å². The highest BCUT2D eigenvalue weighted by Crippen LogP contribution is 2.29. The molecule has 0 unspecified atom stereocenters. The van der Waals surface area contributed by atoms with E-state index in [2.05, 4.69) is 10.8 Å². The maximum Gasteiger partial charge on any atom is 0.481 e. The zero-order chi connectivity index (χ0) is 6.20. The van der Waals surface area contributed by atoms with Gasteiger partial charge in [-0.2, -0.15) is 0 Å². The molecule has 44 valence electrons. The average molecular weight is 132 g/mol. The second kappa shape index (κ2) is 1.46. The summed E-state index contributed by atoms with van der Waals surface area (Å²) in [5.41, 5.74) is 0. The van der Waals surface area contributed by atoms with Crippen molar-refractivity contribution in [1.82, 2.24) is 0 Å². The van der Waals surface area contributed by atoms with Crippen molar-refractivity contribution in [2.45, 2.75) is 18.1 Å². The van der Waals surface area contributed by atoms with Crippen LogP contribution in [-0.4, -0.2) is 13.7 Å². The van der Waals surface area contributed by atoms with Crippen molar-refractivity contribution < 1.29 is 8.42 Å². The Kier molecular flexibility index (Phi) is 1.01. The van der Waals surface area contributed by atoms with Crippen molar-refractivity contribution >= 4 is 10.0 Å². The van der Waals surface area contributed by atoms with Gasteiger partial charge in [-0.1, -0.05) is 0 Å². The Labute approximate surface area is 48.2 Å². The van der Waals surface area contributed by atoms with Crippen LogP contribution in [0, 0.1) is 6.57 Å². The number of sulfonamides is 1. The minimum absolute atomic E-state index is 0.257. The predicted octanol–water partition coefficient (Wildman–Crippen LogP) is 0.441. The molecule has 0 atom stereocenters. The van der Waals surface area contributed by atoms with Gasteiger partial charge in [-0.3, -0.25) is 0 Å². The fourth-order valence-electron chi connectivity index (χ4n) is 0.452. The summed E-state index contributed by atoms with van der Waals surface area (Å²) in [4.78, 5) is 0. The fourth-order valence-corrected chi connectivity index (χ4v) is 1.36. The molecule has 1 saturated carbocycles. The van der Waals surface area contributed by atoms with Gasteiger partial charge in [0.15, 0.2) is 0 Å². The van der Waals surface area contributed by atoms with E-state index in [4.69, 9.17) is 0 Å². The van der Waals surface area contributed by atoms with Gasteiger partial charge in [-0.15, -0.1) is 8.42 Å². The van der Waals surface area contributed by atoms with Gasteiger partial charge in [0, 0.05) is 0 Å². The van der Waals surface area contributed by atoms with E-state index in [9.17, 15) is 8.42 Å². The van der Waals surface area contributed by atoms with Crippen LogP contribution in [-0.2, 0) is 10.0 Å². The average Bonchev–Trinajstić information content (AvgIpc) is 2.44. The van der Waals surface area contributed by atoms with Crippen molar-refractivity contribution in [3.05, 3.63) is 4.25 Å². The highest BCUT2D eigenvalue weighted by molar-refractivity contribution is 7.94. The summed E-state index contributed by atoms with van der Waals surface area (Å²) in [6, 6.07) is 0. The molecule has 0 bridgehead atoms. The molecule has 8 heavy (non-hydrogen) atoms. The molecule has 0 saturated heterocycles. The summed E-state index contributed by atoms with van der Waals surface area (Å²) >= 11 is 0. The lowest BCUT2D eigenvalue weighted by molar-refractivity contribution is 0.603. The molecule has 1 fully saturated rings. The summed E-state index contributed by atoms with van der Waals surface area (Å²) in [6.45, 7) is 4.58. The van der Waals surface area contributed by atoms with Crippen LogP contribution >= 0.6 is 0 Å². The Hall–Kier alpha value is -0.560. The van der Waals surface area contributed by atoms with E-state index in [0.717, 1.165) is 12.8 Å². The first-order valence-corrected chi connectivity index (χ1v) is 3.83. The second-order valence-corrected chi connectivity index (χ2v) is 3.73. The van der Waals surface area contributed by atoms with Gasteiger partial charge < -0.3 is 0 Å². The lowest BCUT2D eigenvalue weighted by atomic mass is 11.0. The van der Waals surface area contributed by atoms with Crippen LogP contribution in [0.5, 0.6) is 0 Å². The van der Waals surface area contributed by atoms with Crippen LogP contribution in [0.2, 0.25) is 0 Å². The van der Waals surface area contributed by atoms with Crippen LogP contribution in [0.25, 0.3) is 4.25 Å². The summed E-state index contributed by atoms with van der Waals surface area (Å²) in [6.07, 6.45) is 1.45. The molecule has 3 nitrogen and oxygen atoms in total. The molecule has 0 aromatic rings. The molecule has 1 aliphatic carbocycles. The van der Waals surface area contributed by atoms with Crippen LogP contribution < -0.4 is 0 Å². The molecule has 0 spiro atoms. The Morgan fingerprint density at radius 3 is 2.12 bits per heavy atom. The van der Waals surface area contributed by atoms with Gasteiger partial charge >= 0.3 is 10.0 Å². The van der Waals surface area contributed by atoms with E-state index < -0.39 is 10.0 Å². The van der Waals surface area contributed by atoms with E-state index in [-0.39, 0.29) is 5.25 Å². The highest BCUT2D eigenvalue weighted by Gasteiger charge is 2.43. The van der Waals surface area contributed by atoms with Gasteiger partial charge in [-0.25, -0.2) is 0 Å². The lowest BCUT2D eigenvalue weighted by Crippen LogP contribution is -1.97. The maximum absolute atomic E-state index is 10.5. The van der Waals surface area contributed by atoms with Crippen molar-refractivity contribution in [3.8, 4) is 6.57 Å².